The van der Waals surface area contributed by atoms with Crippen LogP contribution in [0.25, 0.3) is 0 Å². The van der Waals surface area contributed by atoms with Crippen molar-refractivity contribution in [1.82, 2.24) is 14.9 Å². The number of aromatic nitrogens is 2. The van der Waals surface area contributed by atoms with E-state index in [4.69, 9.17) is 4.74 Å². The summed E-state index contributed by atoms with van der Waals surface area (Å²) in [5.74, 6) is -0.0917. The van der Waals surface area contributed by atoms with Gasteiger partial charge in [-0.1, -0.05) is 51.1 Å². The number of rotatable bonds is 2. The highest BCUT2D eigenvalue weighted by Crippen LogP contribution is 2.33. The van der Waals surface area contributed by atoms with Crippen molar-refractivity contribution in [2.24, 2.45) is 5.41 Å². The molecule has 0 spiro atoms. The Kier molecular flexibility index (Phi) is 4.86. The van der Waals surface area contributed by atoms with E-state index in [0.717, 1.165) is 11.3 Å². The number of aryl methyl sites for hydroxylation is 1. The van der Waals surface area contributed by atoms with Crippen molar-refractivity contribution >= 4 is 5.91 Å². The molecule has 1 aromatic carbocycles. The summed E-state index contributed by atoms with van der Waals surface area (Å²) >= 11 is 0. The third-order valence-electron chi connectivity index (χ3n) is 4.53. The van der Waals surface area contributed by atoms with Gasteiger partial charge < -0.3 is 9.64 Å². The normalized spacial score (nSPS) is 21.2. The number of nitrogens with zero attached hydrogens (tertiary/aromatic N) is 3. The first-order valence-electron chi connectivity index (χ1n) is 8.63. The Morgan fingerprint density at radius 2 is 1.84 bits per heavy atom. The van der Waals surface area contributed by atoms with Crippen LogP contribution in [-0.4, -0.2) is 40.0 Å². The van der Waals surface area contributed by atoms with E-state index in [1.807, 2.05) is 42.2 Å². The molecule has 0 aliphatic carbocycles. The second kappa shape index (κ2) is 6.92. The summed E-state index contributed by atoms with van der Waals surface area (Å²) in [5, 5.41) is 0. The van der Waals surface area contributed by atoms with Gasteiger partial charge in [0.25, 0.3) is 5.91 Å². The van der Waals surface area contributed by atoms with Crippen molar-refractivity contribution in [3.8, 4) is 0 Å². The van der Waals surface area contributed by atoms with Gasteiger partial charge in [-0.05, 0) is 17.9 Å². The zero-order chi connectivity index (χ0) is 18.0. The van der Waals surface area contributed by atoms with Crippen LogP contribution in [0.4, 0.5) is 0 Å². The van der Waals surface area contributed by atoms with Gasteiger partial charge in [0.05, 0.1) is 24.5 Å². The number of hydrogen-bond acceptors (Lipinski definition) is 4. The van der Waals surface area contributed by atoms with Crippen molar-refractivity contribution < 1.29 is 9.53 Å². The van der Waals surface area contributed by atoms with Crippen molar-refractivity contribution in [1.29, 1.82) is 0 Å². The predicted molar refractivity (Wildman–Crippen MR) is 96.2 cm³/mol. The lowest BCUT2D eigenvalue weighted by molar-refractivity contribution is -0.119. The number of ether oxygens (including phenoxy) is 1. The molecule has 5 nitrogen and oxygen atoms in total. The molecule has 25 heavy (non-hydrogen) atoms. The molecule has 2 heterocycles. The topological polar surface area (TPSA) is 55.3 Å². The van der Waals surface area contributed by atoms with Crippen LogP contribution in [0, 0.1) is 12.3 Å². The molecule has 1 amide bonds. The van der Waals surface area contributed by atoms with Gasteiger partial charge in [0.15, 0.2) is 0 Å². The van der Waals surface area contributed by atoms with Crippen LogP contribution >= 0.6 is 0 Å². The molecule has 1 aromatic heterocycles. The van der Waals surface area contributed by atoms with E-state index >= 15 is 0 Å². The van der Waals surface area contributed by atoms with Gasteiger partial charge in [-0.25, -0.2) is 4.98 Å². The quantitative estimate of drug-likeness (QED) is 0.841. The van der Waals surface area contributed by atoms with E-state index in [0.29, 0.717) is 18.8 Å². The second-order valence-corrected chi connectivity index (χ2v) is 7.64. The first-order valence-corrected chi connectivity index (χ1v) is 8.63. The van der Waals surface area contributed by atoms with Gasteiger partial charge in [-0.2, -0.15) is 0 Å². The first-order chi connectivity index (χ1) is 11.8. The maximum Gasteiger partial charge on any atom is 0.274 e. The molecule has 0 bridgehead atoms. The van der Waals surface area contributed by atoms with Gasteiger partial charge in [0, 0.05) is 12.7 Å². The molecule has 0 radical (unpaired) electrons. The largest absolute Gasteiger partial charge is 0.366 e. The van der Waals surface area contributed by atoms with Crippen LogP contribution in [0.1, 0.15) is 48.6 Å². The van der Waals surface area contributed by atoms with Crippen LogP contribution in [0.3, 0.4) is 0 Å². The van der Waals surface area contributed by atoms with E-state index in [9.17, 15) is 4.79 Å². The highest BCUT2D eigenvalue weighted by Gasteiger charge is 2.37. The molecule has 3 rings (SSSR count). The zero-order valence-electron chi connectivity index (χ0n) is 15.3. The lowest BCUT2D eigenvalue weighted by atomic mass is 9.87. The van der Waals surface area contributed by atoms with Crippen molar-refractivity contribution in [3.63, 3.8) is 0 Å². The minimum absolute atomic E-state index is 0.0474. The molecular weight excluding hydrogens is 314 g/mol. The number of hydrogen-bond donors (Lipinski definition) is 0. The molecule has 1 aliphatic heterocycles. The maximum absolute atomic E-state index is 12.9. The lowest BCUT2D eigenvalue weighted by Crippen LogP contribution is -2.51. The van der Waals surface area contributed by atoms with Crippen LogP contribution in [0.2, 0.25) is 0 Å². The Balaban J connectivity index is 1.87. The van der Waals surface area contributed by atoms with E-state index in [1.165, 1.54) is 0 Å². The highest BCUT2D eigenvalue weighted by atomic mass is 16.5. The number of carbonyl (C=O) groups is 1. The van der Waals surface area contributed by atoms with Crippen molar-refractivity contribution in [2.45, 2.75) is 39.9 Å². The van der Waals surface area contributed by atoms with E-state index in [1.54, 1.807) is 12.4 Å². The van der Waals surface area contributed by atoms with Crippen molar-refractivity contribution in [2.75, 3.05) is 13.1 Å². The minimum Gasteiger partial charge on any atom is -0.366 e. The Morgan fingerprint density at radius 3 is 2.44 bits per heavy atom. The first kappa shape index (κ1) is 17.5. The zero-order valence-corrected chi connectivity index (χ0v) is 15.3. The fourth-order valence-corrected chi connectivity index (χ4v) is 2.92. The molecule has 1 aliphatic rings. The molecule has 1 fully saturated rings. The number of morpholine rings is 1. The van der Waals surface area contributed by atoms with Crippen molar-refractivity contribution in [3.05, 3.63) is 59.7 Å². The molecular formula is C20H25N3O2. The number of carbonyl (C=O) groups excluding carboxylic acids is 1. The van der Waals surface area contributed by atoms with Gasteiger partial charge in [0.1, 0.15) is 11.8 Å². The molecule has 5 heteroatoms. The smallest absolute Gasteiger partial charge is 0.274 e. The van der Waals surface area contributed by atoms with Crippen LogP contribution < -0.4 is 0 Å². The summed E-state index contributed by atoms with van der Waals surface area (Å²) < 4.78 is 6.34. The Bertz CT molecular complexity index is 723. The maximum atomic E-state index is 12.9. The number of amides is 1. The standard InChI is InChI=1S/C20H25N3O2/c1-14-10-22-16(11-21-14)19(24)23-12-17(15-8-6-5-7-9-15)25-18(13-23)20(2,3)4/h5-11,17-18H,12-13H2,1-4H3/t17-,18+/m0/s1. The minimum atomic E-state index is -0.137. The van der Waals surface area contributed by atoms with E-state index < -0.39 is 0 Å². The summed E-state index contributed by atoms with van der Waals surface area (Å²) in [6.07, 6.45) is 3.00. The predicted octanol–water partition coefficient (Wildman–Crippen LogP) is 3.41. The third kappa shape index (κ3) is 4.04. The number of benzene rings is 1. The summed E-state index contributed by atoms with van der Waals surface area (Å²) in [4.78, 5) is 23.2. The fourth-order valence-electron chi connectivity index (χ4n) is 2.92. The summed E-state index contributed by atoms with van der Waals surface area (Å²) in [7, 11) is 0. The SMILES string of the molecule is Cc1cnc(C(=O)N2C[C@@H](c3ccccc3)O[C@@H](C(C)(C)C)C2)cn1. The highest BCUT2D eigenvalue weighted by molar-refractivity contribution is 5.92. The third-order valence-corrected chi connectivity index (χ3v) is 4.53. The van der Waals surface area contributed by atoms with E-state index in [-0.39, 0.29) is 23.5 Å². The van der Waals surface area contributed by atoms with Gasteiger partial charge in [-0.15, -0.1) is 0 Å². The van der Waals surface area contributed by atoms with Gasteiger partial charge in [-0.3, -0.25) is 9.78 Å². The summed E-state index contributed by atoms with van der Waals surface area (Å²) in [5.41, 5.74) is 2.20. The molecule has 2 aromatic rings. The van der Waals surface area contributed by atoms with Crippen LogP contribution in [0.5, 0.6) is 0 Å². The summed E-state index contributed by atoms with van der Waals surface area (Å²) in [6, 6.07) is 10.1. The molecule has 2 atom stereocenters. The lowest BCUT2D eigenvalue weighted by Gasteiger charge is -2.43. The monoisotopic (exact) mass is 339 g/mol. The molecule has 1 saturated heterocycles. The molecule has 0 saturated carbocycles. The van der Waals surface area contributed by atoms with E-state index in [2.05, 4.69) is 30.7 Å². The van der Waals surface area contributed by atoms with Crippen LogP contribution in [-0.2, 0) is 4.74 Å². The van der Waals surface area contributed by atoms with Gasteiger partial charge >= 0.3 is 0 Å². The molecule has 132 valence electrons. The van der Waals surface area contributed by atoms with Gasteiger partial charge in [0.2, 0.25) is 0 Å². The Labute approximate surface area is 149 Å². The Hall–Kier alpha value is -2.27. The Morgan fingerprint density at radius 1 is 1.12 bits per heavy atom. The second-order valence-electron chi connectivity index (χ2n) is 7.64. The molecule has 0 N–H and O–H groups in total. The average molecular weight is 339 g/mol. The summed E-state index contributed by atoms with van der Waals surface area (Å²) in [6.45, 7) is 9.35. The van der Waals surface area contributed by atoms with Crippen LogP contribution in [0.15, 0.2) is 42.7 Å². The molecule has 0 unspecified atom stereocenters. The average Bonchev–Trinajstić information content (AvgIpc) is 2.61. The fraction of sp³-hybridized carbons (Fsp3) is 0.450.